The first-order valence-electron chi connectivity index (χ1n) is 10.3. The van der Waals surface area contributed by atoms with Gasteiger partial charge in [-0.05, 0) is 50.1 Å². The Morgan fingerprint density at radius 1 is 1.00 bits per heavy atom. The van der Waals surface area contributed by atoms with Crippen molar-refractivity contribution in [1.29, 1.82) is 0 Å². The van der Waals surface area contributed by atoms with Crippen LogP contribution in [0.4, 0.5) is 4.79 Å². The number of piperazine rings is 1. The second-order valence-electron chi connectivity index (χ2n) is 7.94. The average molecular weight is 446 g/mol. The molecule has 1 fully saturated rings. The van der Waals surface area contributed by atoms with Crippen molar-refractivity contribution >= 4 is 16.1 Å². The highest BCUT2D eigenvalue weighted by Crippen LogP contribution is 2.34. The Bertz CT molecular complexity index is 1090. The maximum Gasteiger partial charge on any atom is 0.317 e. The Balaban J connectivity index is 1.36. The minimum Gasteiger partial charge on any atom is -0.454 e. The Morgan fingerprint density at radius 2 is 1.71 bits per heavy atom. The topological polar surface area (TPSA) is 88.2 Å². The number of carbonyl (C=O) groups is 1. The molecule has 1 saturated heterocycles. The van der Waals surface area contributed by atoms with Crippen molar-refractivity contribution in [2.45, 2.75) is 31.7 Å². The van der Waals surface area contributed by atoms with Gasteiger partial charge in [0.1, 0.15) is 0 Å². The van der Waals surface area contributed by atoms with Gasteiger partial charge in [0.05, 0.1) is 10.9 Å². The molecule has 2 amide bonds. The summed E-state index contributed by atoms with van der Waals surface area (Å²) in [6.45, 7) is 7.05. The van der Waals surface area contributed by atoms with Crippen LogP contribution >= 0.6 is 0 Å². The van der Waals surface area contributed by atoms with Crippen molar-refractivity contribution in [3.8, 4) is 11.5 Å². The smallest absolute Gasteiger partial charge is 0.317 e. The Morgan fingerprint density at radius 3 is 2.42 bits per heavy atom. The number of nitrogens with one attached hydrogen (secondary N) is 1. The molecular formula is C22H27N3O5S. The van der Waals surface area contributed by atoms with Crippen LogP contribution < -0.4 is 14.8 Å². The minimum atomic E-state index is -3.58. The SMILES string of the molecule is Cc1ccc(S(=O)(=O)N2CCN(C(=O)NC(C)c3ccc4c(c3)OCO4)CC2)c(C)c1. The fraction of sp³-hybridized carbons (Fsp3) is 0.409. The maximum atomic E-state index is 13.0. The van der Waals surface area contributed by atoms with Crippen LogP contribution in [-0.2, 0) is 10.0 Å². The summed E-state index contributed by atoms with van der Waals surface area (Å²) in [5.74, 6) is 1.37. The van der Waals surface area contributed by atoms with Gasteiger partial charge >= 0.3 is 6.03 Å². The molecule has 31 heavy (non-hydrogen) atoms. The highest BCUT2D eigenvalue weighted by molar-refractivity contribution is 7.89. The monoisotopic (exact) mass is 445 g/mol. The molecule has 1 unspecified atom stereocenters. The number of amides is 2. The quantitative estimate of drug-likeness (QED) is 0.782. The Hall–Kier alpha value is -2.78. The van der Waals surface area contributed by atoms with Crippen LogP contribution in [0.2, 0.25) is 0 Å². The molecule has 2 aliphatic heterocycles. The number of carbonyl (C=O) groups excluding carboxylic acids is 1. The molecule has 0 spiro atoms. The molecule has 4 rings (SSSR count). The van der Waals surface area contributed by atoms with Crippen LogP contribution in [0.5, 0.6) is 11.5 Å². The summed E-state index contributed by atoms with van der Waals surface area (Å²) in [6.07, 6.45) is 0. The molecule has 2 aliphatic rings. The van der Waals surface area contributed by atoms with E-state index in [-0.39, 0.29) is 32.0 Å². The van der Waals surface area contributed by atoms with E-state index in [1.807, 2.05) is 38.1 Å². The van der Waals surface area contributed by atoms with E-state index in [4.69, 9.17) is 9.47 Å². The molecule has 0 aliphatic carbocycles. The third-order valence-electron chi connectivity index (χ3n) is 5.71. The van der Waals surface area contributed by atoms with E-state index in [2.05, 4.69) is 5.32 Å². The van der Waals surface area contributed by atoms with Gasteiger partial charge in [0.2, 0.25) is 16.8 Å². The van der Waals surface area contributed by atoms with Gasteiger partial charge in [-0.3, -0.25) is 0 Å². The number of nitrogens with zero attached hydrogens (tertiary/aromatic N) is 2. The molecule has 1 atom stereocenters. The normalized spacial score (nSPS) is 17.5. The molecule has 2 heterocycles. The molecule has 0 radical (unpaired) electrons. The number of aryl methyl sites for hydroxylation is 2. The van der Waals surface area contributed by atoms with Crippen LogP contribution in [0.25, 0.3) is 0 Å². The van der Waals surface area contributed by atoms with Gasteiger partial charge in [0.15, 0.2) is 11.5 Å². The first-order valence-corrected chi connectivity index (χ1v) is 11.7. The van der Waals surface area contributed by atoms with E-state index in [1.54, 1.807) is 24.0 Å². The first-order chi connectivity index (χ1) is 14.8. The van der Waals surface area contributed by atoms with Gasteiger partial charge in [-0.25, -0.2) is 13.2 Å². The van der Waals surface area contributed by atoms with Crippen molar-refractivity contribution in [1.82, 2.24) is 14.5 Å². The molecular weight excluding hydrogens is 418 g/mol. The van der Waals surface area contributed by atoms with Crippen LogP contribution in [0.1, 0.15) is 29.7 Å². The van der Waals surface area contributed by atoms with E-state index < -0.39 is 10.0 Å². The summed E-state index contributed by atoms with van der Waals surface area (Å²) in [5.41, 5.74) is 2.67. The lowest BCUT2D eigenvalue weighted by molar-refractivity contribution is 0.169. The maximum absolute atomic E-state index is 13.0. The predicted molar refractivity (Wildman–Crippen MR) is 116 cm³/mol. The summed E-state index contributed by atoms with van der Waals surface area (Å²) >= 11 is 0. The third-order valence-corrected chi connectivity index (χ3v) is 7.77. The number of ether oxygens (including phenoxy) is 2. The third kappa shape index (κ3) is 4.33. The van der Waals surface area contributed by atoms with E-state index in [0.29, 0.717) is 29.5 Å². The molecule has 0 bridgehead atoms. The minimum absolute atomic E-state index is 0.203. The molecule has 0 saturated carbocycles. The van der Waals surface area contributed by atoms with Crippen molar-refractivity contribution in [2.75, 3.05) is 33.0 Å². The molecule has 1 N–H and O–H groups in total. The van der Waals surface area contributed by atoms with Crippen LogP contribution in [-0.4, -0.2) is 56.6 Å². The van der Waals surface area contributed by atoms with Gasteiger partial charge in [-0.2, -0.15) is 4.31 Å². The van der Waals surface area contributed by atoms with E-state index in [9.17, 15) is 13.2 Å². The lowest BCUT2D eigenvalue weighted by atomic mass is 10.1. The van der Waals surface area contributed by atoms with Crippen LogP contribution in [0.3, 0.4) is 0 Å². The van der Waals surface area contributed by atoms with Crippen molar-refractivity contribution in [3.05, 3.63) is 53.1 Å². The zero-order valence-electron chi connectivity index (χ0n) is 17.9. The zero-order valence-corrected chi connectivity index (χ0v) is 18.7. The van der Waals surface area contributed by atoms with Crippen molar-refractivity contribution in [3.63, 3.8) is 0 Å². The van der Waals surface area contributed by atoms with Crippen molar-refractivity contribution < 1.29 is 22.7 Å². The lowest BCUT2D eigenvalue weighted by Gasteiger charge is -2.34. The molecule has 0 aromatic heterocycles. The average Bonchev–Trinajstić information content (AvgIpc) is 3.21. The number of rotatable bonds is 4. The zero-order chi connectivity index (χ0) is 22.2. The first kappa shape index (κ1) is 21.5. The number of sulfonamides is 1. The molecule has 2 aromatic carbocycles. The fourth-order valence-electron chi connectivity index (χ4n) is 3.90. The number of hydrogen-bond donors (Lipinski definition) is 1. The summed E-state index contributed by atoms with van der Waals surface area (Å²) in [7, 11) is -3.58. The lowest BCUT2D eigenvalue weighted by Crippen LogP contribution is -2.53. The van der Waals surface area contributed by atoms with Crippen LogP contribution in [0, 0.1) is 13.8 Å². The molecule has 9 heteroatoms. The van der Waals surface area contributed by atoms with E-state index in [0.717, 1.165) is 16.7 Å². The Kier molecular flexibility index (Phi) is 5.81. The largest absolute Gasteiger partial charge is 0.454 e. The highest BCUT2D eigenvalue weighted by atomic mass is 32.2. The molecule has 166 valence electrons. The molecule has 2 aromatic rings. The van der Waals surface area contributed by atoms with E-state index >= 15 is 0 Å². The van der Waals surface area contributed by atoms with Crippen LogP contribution in [0.15, 0.2) is 41.3 Å². The number of hydrogen-bond acceptors (Lipinski definition) is 5. The van der Waals surface area contributed by atoms with E-state index in [1.165, 1.54) is 4.31 Å². The molecule has 8 nitrogen and oxygen atoms in total. The predicted octanol–water partition coefficient (Wildman–Crippen LogP) is 2.81. The summed E-state index contributed by atoms with van der Waals surface area (Å²) in [5, 5.41) is 2.98. The highest BCUT2D eigenvalue weighted by Gasteiger charge is 2.31. The summed E-state index contributed by atoms with van der Waals surface area (Å²) in [6, 6.07) is 10.5. The van der Waals surface area contributed by atoms with Gasteiger partial charge < -0.3 is 19.7 Å². The van der Waals surface area contributed by atoms with Gasteiger partial charge in [0, 0.05) is 26.2 Å². The summed E-state index contributed by atoms with van der Waals surface area (Å²) < 4.78 is 38.2. The second kappa shape index (κ2) is 8.39. The summed E-state index contributed by atoms with van der Waals surface area (Å²) in [4.78, 5) is 14.7. The number of urea groups is 1. The Labute approximate surface area is 182 Å². The number of fused-ring (bicyclic) bond motifs is 1. The second-order valence-corrected chi connectivity index (χ2v) is 9.85. The van der Waals surface area contributed by atoms with Gasteiger partial charge in [0.25, 0.3) is 0 Å². The number of benzene rings is 2. The van der Waals surface area contributed by atoms with Crippen molar-refractivity contribution in [2.24, 2.45) is 0 Å². The standard InChI is InChI=1S/C22H27N3O5S/c1-15-4-7-21(16(2)12-15)31(27,28)25-10-8-24(9-11-25)22(26)23-17(3)18-5-6-19-20(13-18)30-14-29-19/h4-7,12-13,17H,8-11,14H2,1-3H3,(H,23,26). The van der Waals surface area contributed by atoms with Gasteiger partial charge in [-0.1, -0.05) is 23.8 Å². The fourth-order valence-corrected chi connectivity index (χ4v) is 5.53. The van der Waals surface area contributed by atoms with Gasteiger partial charge in [-0.15, -0.1) is 0 Å².